The normalized spacial score (nSPS) is 22.0. The van der Waals surface area contributed by atoms with Crippen LogP contribution in [-0.2, 0) is 44.9 Å². The zero-order valence-electron chi connectivity index (χ0n) is 65.5. The van der Waals surface area contributed by atoms with Gasteiger partial charge in [0.15, 0.2) is 5.69 Å². The quantitative estimate of drug-likeness (QED) is 0.0461. The van der Waals surface area contributed by atoms with E-state index in [1.807, 2.05) is 201 Å². The molecule has 20 rings (SSSR count). The Bertz CT molecular complexity index is 5270. The molecule has 7 amide bonds. The van der Waals surface area contributed by atoms with Gasteiger partial charge in [-0.15, -0.1) is 12.4 Å². The summed E-state index contributed by atoms with van der Waals surface area (Å²) in [6, 6.07) is 76.9. The number of nitrogens with two attached hydrogens (primary N) is 1. The third-order valence-corrected chi connectivity index (χ3v) is 23.6. The molecule has 600 valence electrons. The maximum Gasteiger partial charge on any atom is 0.356 e. The molecule has 0 radical (unpaired) electrons. The van der Waals surface area contributed by atoms with Crippen LogP contribution in [0.15, 0.2) is 243 Å². The molecule has 8 aliphatic rings. The van der Waals surface area contributed by atoms with Gasteiger partial charge in [-0.3, -0.25) is 54.0 Å². The first-order chi connectivity index (χ1) is 56.8. The number of carboxylic acids is 1. The van der Waals surface area contributed by atoms with Crippen molar-refractivity contribution in [1.29, 1.82) is 0 Å². The molecular weight excluding hydrogens is 1510 g/mol. The number of nitrogens with one attached hydrogen (secondary N) is 7. The average molecular weight is 1600 g/mol. The molecule has 4 aliphatic heterocycles. The molecular formula is C92H91ClN16O9. The first-order valence-electron chi connectivity index (χ1n) is 39.5. The summed E-state index contributed by atoms with van der Waals surface area (Å²) in [7, 11) is 7.14. The highest BCUT2D eigenvalue weighted by Crippen LogP contribution is 2.57. The van der Waals surface area contributed by atoms with Crippen molar-refractivity contribution < 1.29 is 43.5 Å². The van der Waals surface area contributed by atoms with Crippen molar-refractivity contribution in [1.82, 2.24) is 56.7 Å². The standard InChI is InChI=1S/3C23H22N4O2.C12H14N2O.C11H10N2O2.ClH/c3*1-27-20-10-6-5-9-16(20)17-13-18(17)21(23(27)29)24-22(28)19-12-15(25-26-19)11-14-7-3-2-4-8-14;1-14-10-5-3-2-4-7(10)8-6-9(8)11(13)12(14)15;14-11(15)10-7-9(12-13-10)6-8-4-2-1-3-5-8;/h3*2-10,12,17-18,21H,11,13H2,1H3,(H,24,28)(H,25,26);2-5,8-9,11H,6,13H2,1H3;1-5,7H,6H2,(H,12,13)(H,14,15);1H/t17?,18?,21-;2*17-,18-,21-;8?,9?,11-;;/m0100../s1. The van der Waals surface area contributed by atoms with Crippen LogP contribution in [0.4, 0.5) is 22.7 Å². The summed E-state index contributed by atoms with van der Waals surface area (Å²) < 4.78 is 0. The van der Waals surface area contributed by atoms with Crippen LogP contribution in [-0.4, -0.2) is 146 Å². The summed E-state index contributed by atoms with van der Waals surface area (Å²) in [5.74, 6) is 0.113. The van der Waals surface area contributed by atoms with E-state index in [-0.39, 0.29) is 83.2 Å². The Kier molecular flexibility index (Phi) is 23.4. The van der Waals surface area contributed by atoms with Gasteiger partial charge < -0.3 is 46.4 Å². The smallest absolute Gasteiger partial charge is 0.356 e. The molecule has 4 unspecified atom stereocenters. The molecule has 8 heterocycles. The zero-order chi connectivity index (χ0) is 81.1. The number of anilines is 4. The number of carboxylic acid groups (broad SMARTS) is 1. The van der Waals surface area contributed by atoms with Crippen molar-refractivity contribution >= 4 is 82.5 Å². The highest BCUT2D eigenvalue weighted by atomic mass is 35.5. The lowest BCUT2D eigenvalue weighted by Gasteiger charge is -2.23. The Labute approximate surface area is 688 Å². The van der Waals surface area contributed by atoms with Crippen LogP contribution in [0.1, 0.15) is 159 Å². The number of carbonyl (C=O) groups is 8. The van der Waals surface area contributed by atoms with E-state index in [2.05, 4.69) is 81.0 Å². The van der Waals surface area contributed by atoms with Crippen LogP contribution in [0.2, 0.25) is 0 Å². The molecule has 10 N–H and O–H groups in total. The van der Waals surface area contributed by atoms with Crippen molar-refractivity contribution in [3.63, 3.8) is 0 Å². The number of para-hydroxylation sites is 4. The second kappa shape index (κ2) is 34.6. The van der Waals surface area contributed by atoms with Gasteiger partial charge in [-0.1, -0.05) is 194 Å². The molecule has 8 aromatic carbocycles. The maximum atomic E-state index is 13.0. The van der Waals surface area contributed by atoms with Gasteiger partial charge in [-0.05, 0) is 166 Å². The number of nitrogens with zero attached hydrogens (tertiary/aromatic N) is 8. The largest absolute Gasteiger partial charge is 0.476 e. The van der Waals surface area contributed by atoms with E-state index < -0.39 is 24.1 Å². The van der Waals surface area contributed by atoms with Gasteiger partial charge in [-0.2, -0.15) is 20.4 Å². The van der Waals surface area contributed by atoms with Crippen molar-refractivity contribution in [3.05, 3.63) is 333 Å². The number of fused-ring (bicyclic) bond motifs is 12. The van der Waals surface area contributed by atoms with Gasteiger partial charge in [-0.25, -0.2) is 4.79 Å². The lowest BCUT2D eigenvalue weighted by Crippen LogP contribution is -2.48. The minimum atomic E-state index is -1.01. The van der Waals surface area contributed by atoms with Crippen molar-refractivity contribution in [2.75, 3.05) is 47.8 Å². The van der Waals surface area contributed by atoms with Gasteiger partial charge in [0.1, 0.15) is 35.2 Å². The molecule has 12 aromatic rings. The second-order valence-corrected chi connectivity index (χ2v) is 31.3. The van der Waals surface area contributed by atoms with Crippen LogP contribution in [0.5, 0.6) is 0 Å². The monoisotopic (exact) mass is 1600 g/mol. The number of aromatic carboxylic acids is 1. The van der Waals surface area contributed by atoms with Crippen LogP contribution in [0.3, 0.4) is 0 Å². The number of carbonyl (C=O) groups excluding carboxylic acids is 7. The Hall–Kier alpha value is -13.4. The molecule has 12 atom stereocenters. The Morgan fingerprint density at radius 3 is 0.847 bits per heavy atom. The second-order valence-electron chi connectivity index (χ2n) is 31.3. The highest BCUT2D eigenvalue weighted by Gasteiger charge is 2.55. The van der Waals surface area contributed by atoms with Gasteiger partial charge in [0.05, 0.1) is 6.04 Å². The summed E-state index contributed by atoms with van der Waals surface area (Å²) >= 11 is 0. The number of benzene rings is 8. The zero-order valence-corrected chi connectivity index (χ0v) is 66.3. The van der Waals surface area contributed by atoms with Crippen molar-refractivity contribution in [2.24, 2.45) is 29.4 Å². The Morgan fingerprint density at radius 2 is 0.576 bits per heavy atom. The molecule has 4 fully saturated rings. The number of rotatable bonds is 15. The van der Waals surface area contributed by atoms with Gasteiger partial charge in [0, 0.05) is 99.4 Å². The predicted octanol–water partition coefficient (Wildman–Crippen LogP) is 11.9. The fraction of sp³-hybridized carbons (Fsp3) is 0.261. The van der Waals surface area contributed by atoms with E-state index in [1.165, 1.54) is 22.3 Å². The molecule has 4 aromatic heterocycles. The van der Waals surface area contributed by atoms with Gasteiger partial charge in [0.2, 0.25) is 23.6 Å². The predicted molar refractivity (Wildman–Crippen MR) is 450 cm³/mol. The highest BCUT2D eigenvalue weighted by molar-refractivity contribution is 6.06. The van der Waals surface area contributed by atoms with E-state index in [0.717, 1.165) is 93.5 Å². The lowest BCUT2D eigenvalue weighted by molar-refractivity contribution is -0.121. The van der Waals surface area contributed by atoms with E-state index in [9.17, 15) is 38.4 Å². The van der Waals surface area contributed by atoms with Gasteiger partial charge in [0.25, 0.3) is 17.7 Å². The third kappa shape index (κ3) is 17.4. The number of likely N-dealkylation sites (N-methyl/N-ethyl adjacent to an activating group) is 4. The number of aromatic amines is 4. The van der Waals surface area contributed by atoms with E-state index in [0.29, 0.717) is 72.4 Å². The van der Waals surface area contributed by atoms with E-state index in [1.54, 1.807) is 65.0 Å². The van der Waals surface area contributed by atoms with Crippen molar-refractivity contribution in [3.8, 4) is 0 Å². The number of amides is 7. The van der Waals surface area contributed by atoms with Crippen LogP contribution < -0.4 is 41.3 Å². The summed E-state index contributed by atoms with van der Waals surface area (Å²) in [5.41, 5.74) is 23.6. The fourth-order valence-corrected chi connectivity index (χ4v) is 17.0. The number of hydrogen-bond donors (Lipinski definition) is 9. The number of aromatic nitrogens is 8. The number of H-pyrrole nitrogens is 4. The Balaban J connectivity index is 0.000000118. The van der Waals surface area contributed by atoms with Crippen LogP contribution in [0, 0.1) is 23.7 Å². The summed E-state index contributed by atoms with van der Waals surface area (Å²) in [4.78, 5) is 107. The molecule has 0 saturated heterocycles. The number of hydrogen-bond acceptors (Lipinski definition) is 13. The minimum Gasteiger partial charge on any atom is -0.476 e. The first-order valence-corrected chi connectivity index (χ1v) is 39.5. The van der Waals surface area contributed by atoms with E-state index in [4.69, 9.17) is 10.8 Å². The summed E-state index contributed by atoms with van der Waals surface area (Å²) in [6.45, 7) is 0. The molecule has 0 spiro atoms. The topological polar surface area (TPSA) is 347 Å². The molecule has 4 aliphatic carbocycles. The minimum absolute atomic E-state index is 0. The average Bonchev–Trinajstić information content (AvgIpc) is 1.61. The molecule has 118 heavy (non-hydrogen) atoms. The maximum absolute atomic E-state index is 13.0. The SMILES string of the molecule is CN1C(=O)[C@@H](N)C2CC2c2ccccc21.CN1C(=O)[C@@H](NC(=O)c2cc(Cc3ccccc3)[nH]n2)C2CC2c2ccccc21.CN1C(=O)[C@@H](NC(=O)c2cc(Cc3ccccc3)[nH]n2)[C@H]2C[C@H]2c2ccccc21.CN1C(=O)[C@H](NC(=O)c2cc(Cc3ccccc3)[nH]n2)[C@@H]2C[C@@H]2c2ccccc21.Cl.O=C(O)c1cc(Cc2ccccc2)[nH]n1. The molecule has 0 bridgehead atoms. The summed E-state index contributed by atoms with van der Waals surface area (Å²) in [6.07, 6.45) is 6.51. The molecule has 26 heteroatoms. The van der Waals surface area contributed by atoms with Crippen LogP contribution in [0.25, 0.3) is 0 Å². The molecule has 25 nitrogen and oxygen atoms in total. The Morgan fingerprint density at radius 1 is 0.347 bits per heavy atom. The van der Waals surface area contributed by atoms with Crippen LogP contribution >= 0.6 is 12.4 Å². The van der Waals surface area contributed by atoms with E-state index >= 15 is 0 Å². The molecule has 4 saturated carbocycles. The lowest BCUT2D eigenvalue weighted by atomic mass is 10.1. The van der Waals surface area contributed by atoms with Gasteiger partial charge >= 0.3 is 5.97 Å². The number of halogens is 1. The summed E-state index contributed by atoms with van der Waals surface area (Å²) in [5, 5.41) is 45.2. The van der Waals surface area contributed by atoms with Crippen molar-refractivity contribution in [2.45, 2.75) is 99.2 Å². The first kappa shape index (κ1) is 79.8. The fourth-order valence-electron chi connectivity index (χ4n) is 17.0. The third-order valence-electron chi connectivity index (χ3n) is 23.6.